The molecule has 0 spiro atoms. The van der Waals surface area contributed by atoms with Crippen molar-refractivity contribution in [2.75, 3.05) is 0 Å². The van der Waals surface area contributed by atoms with Crippen LogP contribution in [0.5, 0.6) is 0 Å². The van der Waals surface area contributed by atoms with Crippen molar-refractivity contribution in [3.8, 4) is 0 Å². The number of aldehydes is 1. The lowest BCUT2D eigenvalue weighted by Gasteiger charge is -2.23. The summed E-state index contributed by atoms with van der Waals surface area (Å²) >= 11 is 5.87. The average molecular weight is 190 g/mol. The summed E-state index contributed by atoms with van der Waals surface area (Å²) < 4.78 is 0. The Balaban J connectivity index is 4.02. The predicted molar refractivity (Wildman–Crippen MR) is 53.2 cm³/mol. The standard InChI is InChI=1S/C10H18ClO/c1-4-6-8(3)9(5-2)10(11)7-12/h6-10H,4-5H2,1-3H3. The zero-order valence-electron chi connectivity index (χ0n) is 8.09. The fourth-order valence-corrected chi connectivity index (χ4v) is 1.94. The fourth-order valence-electron chi connectivity index (χ4n) is 1.53. The lowest BCUT2D eigenvalue weighted by Crippen LogP contribution is -2.23. The molecule has 0 saturated carbocycles. The largest absolute Gasteiger partial charge is 0.302 e. The Morgan fingerprint density at radius 1 is 1.42 bits per heavy atom. The zero-order valence-corrected chi connectivity index (χ0v) is 8.84. The second-order valence-electron chi connectivity index (χ2n) is 3.16. The van der Waals surface area contributed by atoms with Crippen LogP contribution in [0, 0.1) is 18.3 Å². The Hall–Kier alpha value is -0.0400. The highest BCUT2D eigenvalue weighted by atomic mass is 35.5. The molecule has 12 heavy (non-hydrogen) atoms. The van der Waals surface area contributed by atoms with Gasteiger partial charge in [0.2, 0.25) is 0 Å². The summed E-state index contributed by atoms with van der Waals surface area (Å²) in [6.45, 7) is 6.30. The molecule has 0 bridgehead atoms. The van der Waals surface area contributed by atoms with Crippen molar-refractivity contribution in [1.29, 1.82) is 0 Å². The van der Waals surface area contributed by atoms with Crippen LogP contribution in [0.4, 0.5) is 0 Å². The van der Waals surface area contributed by atoms with Gasteiger partial charge in [0.15, 0.2) is 0 Å². The van der Waals surface area contributed by atoms with Crippen molar-refractivity contribution >= 4 is 17.9 Å². The van der Waals surface area contributed by atoms with Gasteiger partial charge in [-0.25, -0.2) is 0 Å². The van der Waals surface area contributed by atoms with Gasteiger partial charge in [0.1, 0.15) is 6.29 Å². The number of hydrogen-bond donors (Lipinski definition) is 0. The van der Waals surface area contributed by atoms with Crippen molar-refractivity contribution in [2.45, 2.75) is 39.0 Å². The van der Waals surface area contributed by atoms with E-state index in [1.54, 1.807) is 0 Å². The predicted octanol–water partition coefficient (Wildman–Crippen LogP) is 3.07. The third-order valence-electron chi connectivity index (χ3n) is 2.29. The molecule has 3 unspecified atom stereocenters. The minimum Gasteiger partial charge on any atom is -0.302 e. The molecule has 0 aromatic heterocycles. The average Bonchev–Trinajstić information content (AvgIpc) is 2.06. The van der Waals surface area contributed by atoms with Gasteiger partial charge in [0.05, 0.1) is 5.38 Å². The molecule has 0 fully saturated rings. The van der Waals surface area contributed by atoms with Crippen molar-refractivity contribution in [3.05, 3.63) is 6.42 Å². The molecule has 0 aliphatic carbocycles. The number of rotatable bonds is 6. The summed E-state index contributed by atoms with van der Waals surface area (Å²) in [7, 11) is 0. The Kier molecular flexibility index (Phi) is 6.45. The van der Waals surface area contributed by atoms with E-state index in [0.29, 0.717) is 11.8 Å². The summed E-state index contributed by atoms with van der Waals surface area (Å²) in [4.78, 5) is 10.5. The van der Waals surface area contributed by atoms with E-state index in [-0.39, 0.29) is 5.38 Å². The maximum absolute atomic E-state index is 10.5. The van der Waals surface area contributed by atoms with E-state index in [4.69, 9.17) is 11.6 Å². The Bertz CT molecular complexity index is 125. The Labute approximate surface area is 80.5 Å². The highest BCUT2D eigenvalue weighted by Crippen LogP contribution is 2.25. The van der Waals surface area contributed by atoms with Gasteiger partial charge in [0.25, 0.3) is 0 Å². The minimum absolute atomic E-state index is 0.295. The minimum atomic E-state index is -0.326. The van der Waals surface area contributed by atoms with Gasteiger partial charge < -0.3 is 4.79 Å². The highest BCUT2D eigenvalue weighted by Gasteiger charge is 2.22. The molecule has 0 aliphatic heterocycles. The SMILES string of the molecule is CC[CH]C(C)C(CC)C(Cl)C=O. The second-order valence-corrected chi connectivity index (χ2v) is 3.66. The summed E-state index contributed by atoms with van der Waals surface area (Å²) in [5.74, 6) is 0.733. The maximum atomic E-state index is 10.5. The number of carbonyl (C=O) groups excluding carboxylic acids is 1. The first kappa shape index (κ1) is 12.0. The van der Waals surface area contributed by atoms with Crippen LogP contribution in [0.15, 0.2) is 0 Å². The van der Waals surface area contributed by atoms with Crippen LogP contribution in [-0.2, 0) is 4.79 Å². The molecule has 1 nitrogen and oxygen atoms in total. The fraction of sp³-hybridized carbons (Fsp3) is 0.800. The van der Waals surface area contributed by atoms with E-state index in [1.807, 2.05) is 0 Å². The number of alkyl halides is 1. The number of hydrogen-bond acceptors (Lipinski definition) is 1. The van der Waals surface area contributed by atoms with Gasteiger partial charge in [-0.2, -0.15) is 0 Å². The summed E-state index contributed by atoms with van der Waals surface area (Å²) in [5, 5.41) is -0.326. The zero-order chi connectivity index (χ0) is 9.56. The van der Waals surface area contributed by atoms with Crippen molar-refractivity contribution in [2.24, 2.45) is 11.8 Å². The summed E-state index contributed by atoms with van der Waals surface area (Å²) in [6, 6.07) is 0. The van der Waals surface area contributed by atoms with Crippen molar-refractivity contribution in [3.63, 3.8) is 0 Å². The third-order valence-corrected chi connectivity index (χ3v) is 2.72. The molecular formula is C10H18ClO. The monoisotopic (exact) mass is 189 g/mol. The van der Waals surface area contributed by atoms with Crippen LogP contribution >= 0.6 is 11.6 Å². The first-order chi connectivity index (χ1) is 5.67. The van der Waals surface area contributed by atoms with E-state index in [2.05, 4.69) is 27.2 Å². The van der Waals surface area contributed by atoms with Crippen LogP contribution in [-0.4, -0.2) is 11.7 Å². The van der Waals surface area contributed by atoms with Crippen molar-refractivity contribution in [1.82, 2.24) is 0 Å². The molecule has 0 N–H and O–H groups in total. The van der Waals surface area contributed by atoms with E-state index < -0.39 is 0 Å². The molecule has 0 aliphatic rings. The third kappa shape index (κ3) is 3.57. The quantitative estimate of drug-likeness (QED) is 0.464. The van der Waals surface area contributed by atoms with Crippen LogP contribution in [0.25, 0.3) is 0 Å². The summed E-state index contributed by atoms with van der Waals surface area (Å²) in [5.41, 5.74) is 0. The first-order valence-corrected chi connectivity index (χ1v) is 5.03. The van der Waals surface area contributed by atoms with Crippen LogP contribution in [0.1, 0.15) is 33.6 Å². The highest BCUT2D eigenvalue weighted by molar-refractivity contribution is 6.27. The molecule has 2 heteroatoms. The lowest BCUT2D eigenvalue weighted by molar-refractivity contribution is -0.108. The van der Waals surface area contributed by atoms with Gasteiger partial charge in [-0.05, 0) is 18.3 Å². The van der Waals surface area contributed by atoms with Crippen molar-refractivity contribution < 1.29 is 4.79 Å². The van der Waals surface area contributed by atoms with E-state index >= 15 is 0 Å². The topological polar surface area (TPSA) is 17.1 Å². The molecule has 0 amide bonds. The lowest BCUT2D eigenvalue weighted by atomic mass is 9.86. The molecule has 0 heterocycles. The van der Waals surface area contributed by atoms with Gasteiger partial charge >= 0.3 is 0 Å². The van der Waals surface area contributed by atoms with Gasteiger partial charge in [-0.15, -0.1) is 11.6 Å². The summed E-state index contributed by atoms with van der Waals surface area (Å²) in [6.07, 6.45) is 5.06. The van der Waals surface area contributed by atoms with E-state index in [0.717, 1.165) is 19.1 Å². The van der Waals surface area contributed by atoms with Gasteiger partial charge in [0, 0.05) is 0 Å². The second kappa shape index (κ2) is 6.47. The molecule has 0 aromatic rings. The van der Waals surface area contributed by atoms with Gasteiger partial charge in [-0.1, -0.05) is 33.6 Å². The molecule has 71 valence electrons. The number of carbonyl (C=O) groups is 1. The van der Waals surface area contributed by atoms with E-state index in [9.17, 15) is 4.79 Å². The van der Waals surface area contributed by atoms with Crippen LogP contribution < -0.4 is 0 Å². The normalized spacial score (nSPS) is 18.3. The molecule has 3 atom stereocenters. The molecule has 0 rings (SSSR count). The van der Waals surface area contributed by atoms with Crippen LogP contribution in [0.3, 0.4) is 0 Å². The first-order valence-electron chi connectivity index (χ1n) is 4.60. The van der Waals surface area contributed by atoms with Crippen LogP contribution in [0.2, 0.25) is 0 Å². The smallest absolute Gasteiger partial charge is 0.138 e. The maximum Gasteiger partial charge on any atom is 0.138 e. The van der Waals surface area contributed by atoms with E-state index in [1.165, 1.54) is 0 Å². The Morgan fingerprint density at radius 3 is 2.33 bits per heavy atom. The van der Waals surface area contributed by atoms with Gasteiger partial charge in [-0.3, -0.25) is 0 Å². The Morgan fingerprint density at radius 2 is 2.00 bits per heavy atom. The molecule has 0 aromatic carbocycles. The molecule has 1 radical (unpaired) electrons. The molecule has 0 saturated heterocycles. The molecular weight excluding hydrogens is 172 g/mol. The number of halogens is 1.